The van der Waals surface area contributed by atoms with Gasteiger partial charge < -0.3 is 4.74 Å². The van der Waals surface area contributed by atoms with Crippen molar-refractivity contribution in [2.24, 2.45) is 7.05 Å². The Kier molecular flexibility index (Phi) is 3.61. The van der Waals surface area contributed by atoms with Gasteiger partial charge >= 0.3 is 0 Å². The molecule has 0 radical (unpaired) electrons. The molecule has 1 aromatic heterocycles. The minimum Gasteiger partial charge on any atom is -0.374 e. The van der Waals surface area contributed by atoms with Crippen LogP contribution in [0.3, 0.4) is 0 Å². The zero-order chi connectivity index (χ0) is 10.7. The van der Waals surface area contributed by atoms with Gasteiger partial charge in [-0.15, -0.1) is 11.6 Å². The lowest BCUT2D eigenvalue weighted by Gasteiger charge is -2.31. The zero-order valence-corrected chi connectivity index (χ0v) is 9.65. The first kappa shape index (κ1) is 10.9. The van der Waals surface area contributed by atoms with Gasteiger partial charge in [0.15, 0.2) is 0 Å². The zero-order valence-electron chi connectivity index (χ0n) is 8.90. The number of morpholine rings is 1. The van der Waals surface area contributed by atoms with Crippen molar-refractivity contribution in [2.75, 3.05) is 25.6 Å². The third kappa shape index (κ3) is 2.93. The average molecular weight is 230 g/mol. The van der Waals surface area contributed by atoms with Crippen molar-refractivity contribution in [3.8, 4) is 0 Å². The second-order valence-corrected chi connectivity index (χ2v) is 4.21. The largest absolute Gasteiger partial charge is 0.374 e. The summed E-state index contributed by atoms with van der Waals surface area (Å²) < 4.78 is 7.33. The second-order valence-electron chi connectivity index (χ2n) is 3.90. The molecule has 84 valence electrons. The number of hydrogen-bond acceptors (Lipinski definition) is 3. The lowest BCUT2D eigenvalue weighted by atomic mass is 10.2. The molecule has 0 N–H and O–H groups in total. The third-order valence-corrected chi connectivity index (χ3v) is 2.90. The molecule has 0 aromatic carbocycles. The van der Waals surface area contributed by atoms with Gasteiger partial charge in [0.2, 0.25) is 0 Å². The molecule has 0 aliphatic carbocycles. The smallest absolute Gasteiger partial charge is 0.0837 e. The van der Waals surface area contributed by atoms with E-state index in [1.165, 1.54) is 5.56 Å². The van der Waals surface area contributed by atoms with Gasteiger partial charge in [-0.3, -0.25) is 9.58 Å². The Balaban J connectivity index is 1.88. The van der Waals surface area contributed by atoms with Crippen LogP contribution in [0.5, 0.6) is 0 Å². The molecule has 15 heavy (non-hydrogen) atoms. The number of rotatable bonds is 3. The standard InChI is InChI=1S/C10H16ClN3O/c1-13-6-9(5-12-13)7-14-2-3-15-10(4-11)8-14/h5-6,10H,2-4,7-8H2,1H3. The maximum Gasteiger partial charge on any atom is 0.0837 e. The van der Waals surface area contributed by atoms with Crippen molar-refractivity contribution in [1.82, 2.24) is 14.7 Å². The highest BCUT2D eigenvalue weighted by Gasteiger charge is 2.19. The van der Waals surface area contributed by atoms with Crippen LogP contribution < -0.4 is 0 Å². The highest BCUT2D eigenvalue weighted by atomic mass is 35.5. The number of halogens is 1. The Hall–Kier alpha value is -0.580. The van der Waals surface area contributed by atoms with Gasteiger partial charge in [-0.1, -0.05) is 0 Å². The van der Waals surface area contributed by atoms with E-state index in [-0.39, 0.29) is 6.10 Å². The summed E-state index contributed by atoms with van der Waals surface area (Å²) in [6.45, 7) is 3.60. The number of nitrogens with zero attached hydrogens (tertiary/aromatic N) is 3. The Morgan fingerprint density at radius 1 is 1.67 bits per heavy atom. The van der Waals surface area contributed by atoms with E-state index in [4.69, 9.17) is 16.3 Å². The molecule has 1 unspecified atom stereocenters. The summed E-state index contributed by atoms with van der Waals surface area (Å²) in [5, 5.41) is 4.15. The van der Waals surface area contributed by atoms with Gasteiger partial charge in [0.1, 0.15) is 0 Å². The molecule has 2 rings (SSSR count). The van der Waals surface area contributed by atoms with Crippen LogP contribution in [0, 0.1) is 0 Å². The Morgan fingerprint density at radius 3 is 3.20 bits per heavy atom. The summed E-state index contributed by atoms with van der Waals surface area (Å²) in [7, 11) is 1.93. The lowest BCUT2D eigenvalue weighted by Crippen LogP contribution is -2.42. The van der Waals surface area contributed by atoms with Crippen LogP contribution in [-0.4, -0.2) is 46.4 Å². The molecule has 2 heterocycles. The van der Waals surface area contributed by atoms with Crippen molar-refractivity contribution >= 4 is 11.6 Å². The van der Waals surface area contributed by atoms with Crippen molar-refractivity contribution < 1.29 is 4.74 Å². The van der Waals surface area contributed by atoms with Crippen LogP contribution in [0.4, 0.5) is 0 Å². The van der Waals surface area contributed by atoms with Crippen LogP contribution in [0.1, 0.15) is 5.56 Å². The van der Waals surface area contributed by atoms with Gasteiger partial charge in [0.25, 0.3) is 0 Å². The summed E-state index contributed by atoms with van der Waals surface area (Å²) in [5.41, 5.74) is 1.24. The van der Waals surface area contributed by atoms with Crippen LogP contribution in [0.15, 0.2) is 12.4 Å². The average Bonchev–Trinajstić information content (AvgIpc) is 2.64. The minimum absolute atomic E-state index is 0.178. The van der Waals surface area contributed by atoms with Gasteiger partial charge in [0.05, 0.1) is 18.9 Å². The monoisotopic (exact) mass is 229 g/mol. The maximum atomic E-state index is 5.78. The van der Waals surface area contributed by atoms with Gasteiger partial charge in [-0.25, -0.2) is 0 Å². The lowest BCUT2D eigenvalue weighted by molar-refractivity contribution is -0.0194. The quantitative estimate of drug-likeness (QED) is 0.721. The number of hydrogen-bond donors (Lipinski definition) is 0. The molecule has 1 atom stereocenters. The first-order valence-electron chi connectivity index (χ1n) is 5.15. The normalized spacial score (nSPS) is 23.2. The fourth-order valence-electron chi connectivity index (χ4n) is 1.83. The Morgan fingerprint density at radius 2 is 2.53 bits per heavy atom. The van der Waals surface area contributed by atoms with Crippen molar-refractivity contribution in [2.45, 2.75) is 12.6 Å². The fourth-order valence-corrected chi connectivity index (χ4v) is 2.02. The number of ether oxygens (including phenoxy) is 1. The Bertz CT molecular complexity index is 315. The third-order valence-electron chi connectivity index (χ3n) is 2.56. The van der Waals surface area contributed by atoms with E-state index in [1.807, 2.05) is 24.1 Å². The molecule has 4 nitrogen and oxygen atoms in total. The number of aromatic nitrogens is 2. The SMILES string of the molecule is Cn1cc(CN2CCOC(CCl)C2)cn1. The summed E-state index contributed by atoms with van der Waals surface area (Å²) in [6.07, 6.45) is 4.13. The second kappa shape index (κ2) is 4.96. The number of aryl methyl sites for hydroxylation is 1. The summed E-state index contributed by atoms with van der Waals surface area (Å²) >= 11 is 5.78. The topological polar surface area (TPSA) is 30.3 Å². The van der Waals surface area contributed by atoms with E-state index in [0.717, 1.165) is 26.2 Å². The van der Waals surface area contributed by atoms with Crippen molar-refractivity contribution in [3.63, 3.8) is 0 Å². The molecule has 5 heteroatoms. The van der Waals surface area contributed by atoms with Gasteiger partial charge in [-0.2, -0.15) is 5.10 Å². The number of alkyl halides is 1. The molecule has 1 aliphatic heterocycles. The van der Waals surface area contributed by atoms with Crippen molar-refractivity contribution in [1.29, 1.82) is 0 Å². The fraction of sp³-hybridized carbons (Fsp3) is 0.700. The molecular weight excluding hydrogens is 214 g/mol. The maximum absolute atomic E-state index is 5.78. The van der Waals surface area contributed by atoms with Crippen molar-refractivity contribution in [3.05, 3.63) is 18.0 Å². The molecule has 0 amide bonds. The van der Waals surface area contributed by atoms with Crippen LogP contribution >= 0.6 is 11.6 Å². The van der Waals surface area contributed by atoms with E-state index in [1.54, 1.807) is 0 Å². The predicted octanol–water partition coefficient (Wildman–Crippen LogP) is 0.860. The molecule has 0 spiro atoms. The van der Waals surface area contributed by atoms with E-state index in [0.29, 0.717) is 5.88 Å². The molecular formula is C10H16ClN3O. The predicted molar refractivity (Wildman–Crippen MR) is 58.9 cm³/mol. The first-order valence-corrected chi connectivity index (χ1v) is 5.69. The first-order chi connectivity index (χ1) is 7.28. The highest BCUT2D eigenvalue weighted by Crippen LogP contribution is 2.10. The molecule has 0 saturated carbocycles. The van der Waals surface area contributed by atoms with E-state index >= 15 is 0 Å². The minimum atomic E-state index is 0.178. The van der Waals surface area contributed by atoms with E-state index in [2.05, 4.69) is 10.00 Å². The summed E-state index contributed by atoms with van der Waals surface area (Å²) in [6, 6.07) is 0. The molecule has 1 aromatic rings. The highest BCUT2D eigenvalue weighted by molar-refractivity contribution is 6.18. The van der Waals surface area contributed by atoms with Gasteiger partial charge in [-0.05, 0) is 0 Å². The molecule has 1 fully saturated rings. The molecule has 1 saturated heterocycles. The van der Waals surface area contributed by atoms with Crippen LogP contribution in [0.2, 0.25) is 0 Å². The Labute approximate surface area is 94.8 Å². The molecule has 1 aliphatic rings. The van der Waals surface area contributed by atoms with Crippen LogP contribution in [0.25, 0.3) is 0 Å². The van der Waals surface area contributed by atoms with Gasteiger partial charge in [0, 0.05) is 44.3 Å². The van der Waals surface area contributed by atoms with E-state index in [9.17, 15) is 0 Å². The summed E-state index contributed by atoms with van der Waals surface area (Å²) in [5.74, 6) is 0.573. The van der Waals surface area contributed by atoms with E-state index < -0.39 is 0 Å². The molecule has 0 bridgehead atoms. The van der Waals surface area contributed by atoms with Crippen LogP contribution in [-0.2, 0) is 18.3 Å². The summed E-state index contributed by atoms with van der Waals surface area (Å²) in [4.78, 5) is 2.35.